The van der Waals surface area contributed by atoms with Crippen molar-refractivity contribution in [2.24, 2.45) is 0 Å². The average Bonchev–Trinajstić information content (AvgIpc) is 2.80. The number of alkyl halides is 3. The van der Waals surface area contributed by atoms with Crippen LogP contribution in [0.4, 0.5) is 18.0 Å². The van der Waals surface area contributed by atoms with Gasteiger partial charge in [0.2, 0.25) is 5.54 Å². The number of fused-ring (bicyclic) bond motifs is 1. The van der Waals surface area contributed by atoms with Gasteiger partial charge in [-0.2, -0.15) is 13.2 Å². The molecule has 0 bridgehead atoms. The number of carbonyl (C=O) groups is 2. The average molecular weight is 302 g/mol. The molecule has 2 amide bonds. The van der Waals surface area contributed by atoms with Gasteiger partial charge in [0.05, 0.1) is 0 Å². The molecule has 0 aromatic heterocycles. The molecule has 2 rings (SSSR count). The van der Waals surface area contributed by atoms with Gasteiger partial charge in [-0.05, 0) is 18.1 Å². The summed E-state index contributed by atoms with van der Waals surface area (Å²) in [6.07, 6.45) is -5.10. The lowest BCUT2D eigenvalue weighted by atomic mass is 10.0. The molecule has 0 radical (unpaired) electrons. The maximum absolute atomic E-state index is 12.9. The first-order valence-electron chi connectivity index (χ1n) is 6.09. The molecule has 0 saturated heterocycles. The normalized spacial score (nSPS) is 17.0. The van der Waals surface area contributed by atoms with Crippen LogP contribution in [0.3, 0.4) is 0 Å². The third-order valence-electron chi connectivity index (χ3n) is 3.48. The zero-order valence-corrected chi connectivity index (χ0v) is 11.1. The van der Waals surface area contributed by atoms with Gasteiger partial charge in [0.1, 0.15) is 0 Å². The van der Waals surface area contributed by atoms with Crippen LogP contribution in [0.25, 0.3) is 0 Å². The SMILES string of the molecule is CC(NC(=O)N1Cc2ccccc2C1)(C(=O)O)C(F)(F)F. The number of nitrogens with one attached hydrogen (secondary N) is 1. The lowest BCUT2D eigenvalue weighted by Crippen LogP contribution is -2.63. The van der Waals surface area contributed by atoms with Gasteiger partial charge in [-0.3, -0.25) is 0 Å². The molecular weight excluding hydrogens is 289 g/mol. The van der Waals surface area contributed by atoms with E-state index in [1.165, 1.54) is 0 Å². The second-order valence-electron chi connectivity index (χ2n) is 4.98. The Kier molecular flexibility index (Phi) is 3.56. The number of hydrogen-bond acceptors (Lipinski definition) is 2. The molecule has 2 N–H and O–H groups in total. The zero-order chi connectivity index (χ0) is 15.8. The van der Waals surface area contributed by atoms with Crippen molar-refractivity contribution in [3.63, 3.8) is 0 Å². The molecule has 1 unspecified atom stereocenters. The number of rotatable bonds is 2. The molecule has 0 fully saturated rings. The molecule has 5 nitrogen and oxygen atoms in total. The summed E-state index contributed by atoms with van der Waals surface area (Å²) in [6, 6.07) is 5.99. The summed E-state index contributed by atoms with van der Waals surface area (Å²) in [5.41, 5.74) is -1.66. The van der Waals surface area contributed by atoms with Crippen molar-refractivity contribution in [1.82, 2.24) is 10.2 Å². The maximum Gasteiger partial charge on any atom is 0.422 e. The number of hydrogen-bond donors (Lipinski definition) is 2. The second kappa shape index (κ2) is 4.94. The van der Waals surface area contributed by atoms with E-state index in [4.69, 9.17) is 5.11 Å². The molecule has 1 aliphatic heterocycles. The van der Waals surface area contributed by atoms with E-state index in [0.717, 1.165) is 16.0 Å². The van der Waals surface area contributed by atoms with Crippen LogP contribution >= 0.6 is 0 Å². The second-order valence-corrected chi connectivity index (χ2v) is 4.98. The van der Waals surface area contributed by atoms with Crippen molar-refractivity contribution in [3.05, 3.63) is 35.4 Å². The Morgan fingerprint density at radius 2 is 1.67 bits per heavy atom. The van der Waals surface area contributed by atoms with Crippen molar-refractivity contribution >= 4 is 12.0 Å². The minimum Gasteiger partial charge on any atom is -0.479 e. The van der Waals surface area contributed by atoms with E-state index < -0.39 is 23.7 Å². The predicted molar refractivity (Wildman–Crippen MR) is 66.3 cm³/mol. The van der Waals surface area contributed by atoms with Crippen LogP contribution in [-0.4, -0.2) is 33.7 Å². The smallest absolute Gasteiger partial charge is 0.422 e. The lowest BCUT2D eigenvalue weighted by Gasteiger charge is -2.30. The summed E-state index contributed by atoms with van der Waals surface area (Å²) in [4.78, 5) is 24.0. The van der Waals surface area contributed by atoms with E-state index in [1.54, 1.807) is 29.6 Å². The molecule has 1 aromatic rings. The van der Waals surface area contributed by atoms with Crippen molar-refractivity contribution in [1.29, 1.82) is 0 Å². The van der Waals surface area contributed by atoms with E-state index in [1.807, 2.05) is 0 Å². The number of carboxylic acids is 1. The van der Waals surface area contributed by atoms with Crippen LogP contribution in [0.15, 0.2) is 24.3 Å². The molecule has 1 heterocycles. The topological polar surface area (TPSA) is 69.6 Å². The first kappa shape index (κ1) is 15.1. The fraction of sp³-hybridized carbons (Fsp3) is 0.385. The van der Waals surface area contributed by atoms with Gasteiger partial charge in [-0.1, -0.05) is 24.3 Å². The molecular formula is C13H13F3N2O3. The number of urea groups is 1. The van der Waals surface area contributed by atoms with E-state index >= 15 is 0 Å². The number of aliphatic carboxylic acids is 1. The zero-order valence-electron chi connectivity index (χ0n) is 11.1. The van der Waals surface area contributed by atoms with Crippen LogP contribution in [0, 0.1) is 0 Å². The Morgan fingerprint density at radius 3 is 2.05 bits per heavy atom. The Labute approximate surface area is 118 Å². The third-order valence-corrected chi connectivity index (χ3v) is 3.48. The van der Waals surface area contributed by atoms with E-state index in [9.17, 15) is 22.8 Å². The summed E-state index contributed by atoms with van der Waals surface area (Å²) in [6.45, 7) is 0.724. The predicted octanol–water partition coefficient (Wildman–Crippen LogP) is 2.12. The molecule has 1 atom stereocenters. The Morgan fingerprint density at radius 1 is 1.19 bits per heavy atom. The van der Waals surface area contributed by atoms with Gasteiger partial charge in [-0.25, -0.2) is 9.59 Å². The van der Waals surface area contributed by atoms with Crippen LogP contribution in [0.5, 0.6) is 0 Å². The first-order chi connectivity index (χ1) is 9.65. The highest BCUT2D eigenvalue weighted by molar-refractivity contribution is 5.87. The Balaban J connectivity index is 2.14. The highest BCUT2D eigenvalue weighted by atomic mass is 19.4. The van der Waals surface area contributed by atoms with Gasteiger partial charge in [0.25, 0.3) is 0 Å². The summed E-state index contributed by atoms with van der Waals surface area (Å²) in [7, 11) is 0. The van der Waals surface area contributed by atoms with Gasteiger partial charge in [-0.15, -0.1) is 0 Å². The molecule has 0 saturated carbocycles. The number of amides is 2. The van der Waals surface area contributed by atoms with E-state index in [0.29, 0.717) is 6.92 Å². The minimum atomic E-state index is -5.10. The van der Waals surface area contributed by atoms with Gasteiger partial charge in [0.15, 0.2) is 0 Å². The van der Waals surface area contributed by atoms with Crippen molar-refractivity contribution in [3.8, 4) is 0 Å². The van der Waals surface area contributed by atoms with Gasteiger partial charge >= 0.3 is 18.2 Å². The molecule has 21 heavy (non-hydrogen) atoms. The number of carboxylic acid groups (broad SMARTS) is 1. The summed E-state index contributed by atoms with van der Waals surface area (Å²) >= 11 is 0. The first-order valence-corrected chi connectivity index (χ1v) is 6.09. The Hall–Kier alpha value is -2.25. The number of benzene rings is 1. The van der Waals surface area contributed by atoms with Crippen LogP contribution in [0.1, 0.15) is 18.1 Å². The third kappa shape index (κ3) is 2.65. The fourth-order valence-corrected chi connectivity index (χ4v) is 2.02. The minimum absolute atomic E-state index is 0.148. The molecule has 0 aliphatic carbocycles. The number of halogens is 3. The summed E-state index contributed by atoms with van der Waals surface area (Å²) in [5, 5.41) is 10.4. The van der Waals surface area contributed by atoms with Crippen molar-refractivity contribution < 1.29 is 27.9 Å². The van der Waals surface area contributed by atoms with Crippen LogP contribution in [0.2, 0.25) is 0 Å². The molecule has 1 aliphatic rings. The van der Waals surface area contributed by atoms with E-state index in [2.05, 4.69) is 0 Å². The fourth-order valence-electron chi connectivity index (χ4n) is 2.02. The molecule has 0 spiro atoms. The molecule has 1 aromatic carbocycles. The quantitative estimate of drug-likeness (QED) is 0.879. The molecule has 8 heteroatoms. The maximum atomic E-state index is 12.9. The van der Waals surface area contributed by atoms with Gasteiger partial charge in [0, 0.05) is 13.1 Å². The number of nitrogens with zero attached hydrogens (tertiary/aromatic N) is 1. The molecule has 114 valence electrons. The van der Waals surface area contributed by atoms with Gasteiger partial charge < -0.3 is 15.3 Å². The monoisotopic (exact) mass is 302 g/mol. The standard InChI is InChI=1S/C13H13F3N2O3/c1-12(10(19)20,13(14,15)16)17-11(21)18-6-8-4-2-3-5-9(8)7-18/h2-5H,6-7H2,1H3,(H,17,21)(H,19,20). The van der Waals surface area contributed by atoms with Crippen molar-refractivity contribution in [2.75, 3.05) is 0 Å². The largest absolute Gasteiger partial charge is 0.479 e. The van der Waals surface area contributed by atoms with Crippen LogP contribution in [-0.2, 0) is 17.9 Å². The van der Waals surface area contributed by atoms with Crippen molar-refractivity contribution in [2.45, 2.75) is 31.7 Å². The highest BCUT2D eigenvalue weighted by Gasteiger charge is 2.59. The Bertz CT molecular complexity index is 563. The number of carbonyl (C=O) groups excluding carboxylic acids is 1. The lowest BCUT2D eigenvalue weighted by molar-refractivity contribution is -0.203. The van der Waals surface area contributed by atoms with E-state index in [-0.39, 0.29) is 13.1 Å². The summed E-state index contributed by atoms with van der Waals surface area (Å²) in [5.74, 6) is -2.15. The summed E-state index contributed by atoms with van der Waals surface area (Å²) < 4.78 is 38.6. The highest BCUT2D eigenvalue weighted by Crippen LogP contribution is 2.31. The van der Waals surface area contributed by atoms with Crippen LogP contribution < -0.4 is 5.32 Å².